The van der Waals surface area contributed by atoms with Crippen LogP contribution in [0.5, 0.6) is 0 Å². The molecule has 0 radical (unpaired) electrons. The lowest BCUT2D eigenvalue weighted by Gasteiger charge is -2.13. The van der Waals surface area contributed by atoms with Crippen molar-refractivity contribution in [1.82, 2.24) is 0 Å². The summed E-state index contributed by atoms with van der Waals surface area (Å²) in [6.45, 7) is 8.16. The number of ether oxygens (including phenoxy) is 1. The van der Waals surface area contributed by atoms with Crippen molar-refractivity contribution in [3.05, 3.63) is 12.7 Å². The maximum Gasteiger partial charge on any atom is 0.293 e. The van der Waals surface area contributed by atoms with Gasteiger partial charge in [0.2, 0.25) is 0 Å². The molecule has 0 saturated carbocycles. The second-order valence-corrected chi connectivity index (χ2v) is 2.91. The molecule has 0 aromatic heterocycles. The van der Waals surface area contributed by atoms with Gasteiger partial charge in [-0.3, -0.25) is 4.79 Å². The minimum atomic E-state index is 0.0300. The molecule has 0 aliphatic carbocycles. The fourth-order valence-corrected chi connectivity index (χ4v) is 1.10. The number of hydrogen-bond acceptors (Lipinski definition) is 2. The van der Waals surface area contributed by atoms with Gasteiger partial charge in [0, 0.05) is 0 Å². The van der Waals surface area contributed by atoms with Crippen LogP contribution in [-0.4, -0.2) is 12.6 Å². The Bertz CT molecular complexity index is 107. The van der Waals surface area contributed by atoms with Gasteiger partial charge in [-0.25, -0.2) is 0 Å². The van der Waals surface area contributed by atoms with Gasteiger partial charge in [0.05, 0.1) is 6.10 Å². The van der Waals surface area contributed by atoms with Gasteiger partial charge in [-0.05, 0) is 25.7 Å². The van der Waals surface area contributed by atoms with E-state index in [4.69, 9.17) is 4.74 Å². The van der Waals surface area contributed by atoms with E-state index in [1.54, 1.807) is 0 Å². The van der Waals surface area contributed by atoms with Crippen molar-refractivity contribution >= 4 is 6.47 Å². The lowest BCUT2D eigenvalue weighted by molar-refractivity contribution is -0.133. The molecule has 2 heteroatoms. The number of carbonyl (C=O) groups excluding carboxylic acids is 1. The van der Waals surface area contributed by atoms with E-state index in [0.717, 1.165) is 12.8 Å². The second kappa shape index (κ2) is 5.96. The Morgan fingerprint density at radius 1 is 1.55 bits per heavy atom. The first-order valence-electron chi connectivity index (χ1n) is 3.90. The molecule has 1 unspecified atom stereocenters. The molecule has 11 heavy (non-hydrogen) atoms. The average Bonchev–Trinajstić information content (AvgIpc) is 1.87. The van der Waals surface area contributed by atoms with Gasteiger partial charge in [-0.15, -0.1) is 6.58 Å². The molecular formula is C9H16O2. The molecule has 0 rings (SSSR count). The summed E-state index contributed by atoms with van der Waals surface area (Å²) in [6, 6.07) is 0. The van der Waals surface area contributed by atoms with Crippen molar-refractivity contribution in [1.29, 1.82) is 0 Å². The zero-order chi connectivity index (χ0) is 8.69. The van der Waals surface area contributed by atoms with Gasteiger partial charge < -0.3 is 4.74 Å². The van der Waals surface area contributed by atoms with E-state index < -0.39 is 0 Å². The lowest BCUT2D eigenvalue weighted by Crippen LogP contribution is -2.11. The molecule has 0 saturated heterocycles. The Balaban J connectivity index is 3.46. The lowest BCUT2D eigenvalue weighted by atomic mass is 10.0. The van der Waals surface area contributed by atoms with Gasteiger partial charge in [-0.2, -0.15) is 0 Å². The van der Waals surface area contributed by atoms with Gasteiger partial charge in [0.1, 0.15) is 0 Å². The third-order valence-corrected chi connectivity index (χ3v) is 1.59. The monoisotopic (exact) mass is 156 g/mol. The molecule has 0 aliphatic rings. The minimum absolute atomic E-state index is 0.0300. The summed E-state index contributed by atoms with van der Waals surface area (Å²) in [7, 11) is 0. The Morgan fingerprint density at radius 2 is 2.18 bits per heavy atom. The molecule has 0 N–H and O–H groups in total. The van der Waals surface area contributed by atoms with Crippen LogP contribution in [0.1, 0.15) is 26.7 Å². The van der Waals surface area contributed by atoms with Crippen LogP contribution in [0.3, 0.4) is 0 Å². The molecule has 0 spiro atoms. The summed E-state index contributed by atoms with van der Waals surface area (Å²) in [5.41, 5.74) is 0. The summed E-state index contributed by atoms with van der Waals surface area (Å²) < 4.78 is 4.74. The van der Waals surface area contributed by atoms with E-state index in [0.29, 0.717) is 12.4 Å². The summed E-state index contributed by atoms with van der Waals surface area (Å²) in [4.78, 5) is 9.91. The molecule has 0 aromatic rings. The van der Waals surface area contributed by atoms with E-state index in [-0.39, 0.29) is 6.10 Å². The van der Waals surface area contributed by atoms with Crippen molar-refractivity contribution in [3.63, 3.8) is 0 Å². The Labute approximate surface area is 68.2 Å². The highest BCUT2D eigenvalue weighted by Crippen LogP contribution is 2.11. The van der Waals surface area contributed by atoms with Crippen LogP contribution in [0, 0.1) is 5.92 Å². The largest absolute Gasteiger partial charge is 0.465 e. The third kappa shape index (κ3) is 5.64. The maximum absolute atomic E-state index is 9.91. The normalized spacial score (nSPS) is 15.1. The fourth-order valence-electron chi connectivity index (χ4n) is 1.10. The zero-order valence-corrected chi connectivity index (χ0v) is 7.25. The molecule has 64 valence electrons. The van der Waals surface area contributed by atoms with Crippen LogP contribution in [0.25, 0.3) is 0 Å². The van der Waals surface area contributed by atoms with Crippen molar-refractivity contribution < 1.29 is 9.53 Å². The zero-order valence-electron chi connectivity index (χ0n) is 7.25. The van der Waals surface area contributed by atoms with Gasteiger partial charge >= 0.3 is 0 Å². The Hall–Kier alpha value is -0.790. The van der Waals surface area contributed by atoms with Crippen molar-refractivity contribution in [2.45, 2.75) is 32.8 Å². The van der Waals surface area contributed by atoms with Crippen molar-refractivity contribution in [3.8, 4) is 0 Å². The quantitative estimate of drug-likeness (QED) is 0.435. The number of allylic oxidation sites excluding steroid dienone is 1. The van der Waals surface area contributed by atoms with Gasteiger partial charge in [0.15, 0.2) is 0 Å². The molecule has 0 heterocycles. The molecule has 0 fully saturated rings. The highest BCUT2D eigenvalue weighted by molar-refractivity contribution is 5.37. The first-order chi connectivity index (χ1) is 5.20. The fraction of sp³-hybridized carbons (Fsp3) is 0.667. The molecule has 2 atom stereocenters. The van der Waals surface area contributed by atoms with Crippen molar-refractivity contribution in [2.75, 3.05) is 0 Å². The molecule has 0 bridgehead atoms. The maximum atomic E-state index is 9.91. The van der Waals surface area contributed by atoms with E-state index in [2.05, 4.69) is 13.5 Å². The summed E-state index contributed by atoms with van der Waals surface area (Å²) >= 11 is 0. The van der Waals surface area contributed by atoms with Crippen LogP contribution in [0.15, 0.2) is 12.7 Å². The summed E-state index contributed by atoms with van der Waals surface area (Å²) in [5, 5.41) is 0. The minimum Gasteiger partial charge on any atom is -0.465 e. The Morgan fingerprint density at radius 3 is 2.64 bits per heavy atom. The molecule has 0 aliphatic heterocycles. The van der Waals surface area contributed by atoms with Gasteiger partial charge in [0.25, 0.3) is 6.47 Å². The van der Waals surface area contributed by atoms with Crippen LogP contribution in [0.2, 0.25) is 0 Å². The first-order valence-corrected chi connectivity index (χ1v) is 3.90. The summed E-state index contributed by atoms with van der Waals surface area (Å²) in [5.74, 6) is 0.544. The molecule has 2 nitrogen and oxygen atoms in total. The van der Waals surface area contributed by atoms with E-state index >= 15 is 0 Å². The van der Waals surface area contributed by atoms with Crippen LogP contribution < -0.4 is 0 Å². The Kier molecular flexibility index (Phi) is 5.53. The predicted octanol–water partition coefficient (Wildman–Crippen LogP) is 2.15. The molecule has 0 amide bonds. The second-order valence-electron chi connectivity index (χ2n) is 2.91. The standard InChI is InChI=1S/C9H16O2/c1-4-5-8(2)6-9(3)11-7-10/h4,7-9H,1,5-6H2,2-3H3/t8?,9-/m1/s1. The van der Waals surface area contributed by atoms with Crippen LogP contribution in [-0.2, 0) is 9.53 Å². The molecule has 0 aromatic carbocycles. The summed E-state index contributed by atoms with van der Waals surface area (Å²) in [6.07, 6.45) is 3.80. The first kappa shape index (κ1) is 10.2. The number of carbonyl (C=O) groups is 1. The van der Waals surface area contributed by atoms with Crippen LogP contribution >= 0.6 is 0 Å². The topological polar surface area (TPSA) is 26.3 Å². The van der Waals surface area contributed by atoms with E-state index in [9.17, 15) is 4.79 Å². The third-order valence-electron chi connectivity index (χ3n) is 1.59. The highest BCUT2D eigenvalue weighted by atomic mass is 16.5. The van der Waals surface area contributed by atoms with Gasteiger partial charge in [-0.1, -0.05) is 13.0 Å². The number of hydrogen-bond donors (Lipinski definition) is 0. The number of rotatable bonds is 6. The predicted molar refractivity (Wildman–Crippen MR) is 45.2 cm³/mol. The highest BCUT2D eigenvalue weighted by Gasteiger charge is 2.06. The van der Waals surface area contributed by atoms with E-state index in [1.807, 2.05) is 13.0 Å². The van der Waals surface area contributed by atoms with E-state index in [1.165, 1.54) is 0 Å². The average molecular weight is 156 g/mol. The van der Waals surface area contributed by atoms with Crippen molar-refractivity contribution in [2.24, 2.45) is 5.92 Å². The molecular weight excluding hydrogens is 140 g/mol. The van der Waals surface area contributed by atoms with Crippen LogP contribution in [0.4, 0.5) is 0 Å². The SMILES string of the molecule is C=CCC(C)C[C@@H](C)OC=O. The smallest absolute Gasteiger partial charge is 0.293 e.